The molecule has 0 heterocycles. The SMILES string of the molecule is C=Cc1cc(CN)ccc1CCN(C)C(C)CC(=C)CCCC(=C)C. The van der Waals surface area contributed by atoms with Crippen molar-refractivity contribution in [1.82, 2.24) is 4.90 Å². The van der Waals surface area contributed by atoms with E-state index in [-0.39, 0.29) is 0 Å². The van der Waals surface area contributed by atoms with Gasteiger partial charge in [-0.25, -0.2) is 0 Å². The maximum absolute atomic E-state index is 5.73. The molecule has 2 heteroatoms. The molecular weight excluding hydrogens is 304 g/mol. The molecule has 2 nitrogen and oxygen atoms in total. The molecule has 1 atom stereocenters. The number of likely N-dealkylation sites (N-methyl/N-ethyl adjacent to an activating group) is 1. The van der Waals surface area contributed by atoms with Crippen LogP contribution in [0.3, 0.4) is 0 Å². The van der Waals surface area contributed by atoms with Gasteiger partial charge in [-0.3, -0.25) is 0 Å². The molecule has 1 aromatic carbocycles. The molecule has 0 aliphatic rings. The van der Waals surface area contributed by atoms with Gasteiger partial charge in [0, 0.05) is 19.1 Å². The summed E-state index contributed by atoms with van der Waals surface area (Å²) in [7, 11) is 2.20. The molecule has 0 aliphatic carbocycles. The van der Waals surface area contributed by atoms with E-state index < -0.39 is 0 Å². The Balaban J connectivity index is 2.47. The van der Waals surface area contributed by atoms with Crippen LogP contribution in [0, 0.1) is 0 Å². The van der Waals surface area contributed by atoms with Gasteiger partial charge in [0.2, 0.25) is 0 Å². The summed E-state index contributed by atoms with van der Waals surface area (Å²) in [6.45, 7) is 18.1. The van der Waals surface area contributed by atoms with Crippen molar-refractivity contribution in [2.75, 3.05) is 13.6 Å². The van der Waals surface area contributed by atoms with Gasteiger partial charge in [0.05, 0.1) is 0 Å². The average Bonchev–Trinajstić information content (AvgIpc) is 2.58. The Bertz CT molecular complexity index is 586. The summed E-state index contributed by atoms with van der Waals surface area (Å²) < 4.78 is 0. The normalized spacial score (nSPS) is 12.2. The Kier molecular flexibility index (Phi) is 9.48. The molecule has 0 aromatic heterocycles. The quantitative estimate of drug-likeness (QED) is 0.520. The molecule has 1 rings (SSSR count). The van der Waals surface area contributed by atoms with Crippen LogP contribution in [0.15, 0.2) is 49.1 Å². The minimum Gasteiger partial charge on any atom is -0.326 e. The predicted octanol–water partition coefficient (Wildman–Crippen LogP) is 5.34. The van der Waals surface area contributed by atoms with Crippen molar-refractivity contribution in [3.05, 3.63) is 65.8 Å². The number of nitrogens with zero attached hydrogens (tertiary/aromatic N) is 1. The van der Waals surface area contributed by atoms with E-state index in [1.807, 2.05) is 6.08 Å². The summed E-state index contributed by atoms with van der Waals surface area (Å²) in [5.74, 6) is 0. The third kappa shape index (κ3) is 7.85. The van der Waals surface area contributed by atoms with Gasteiger partial charge in [0.25, 0.3) is 0 Å². The zero-order chi connectivity index (χ0) is 18.8. The Morgan fingerprint density at radius 1 is 1.28 bits per heavy atom. The molecule has 1 aromatic rings. The first-order chi connectivity index (χ1) is 11.9. The minimum atomic E-state index is 0.507. The predicted molar refractivity (Wildman–Crippen MR) is 113 cm³/mol. The van der Waals surface area contributed by atoms with E-state index >= 15 is 0 Å². The molecule has 0 aliphatic heterocycles. The van der Waals surface area contributed by atoms with Crippen LogP contribution in [0.4, 0.5) is 0 Å². The van der Waals surface area contributed by atoms with E-state index in [4.69, 9.17) is 5.73 Å². The first-order valence-electron chi connectivity index (χ1n) is 9.33. The summed E-state index contributed by atoms with van der Waals surface area (Å²) in [6, 6.07) is 6.96. The zero-order valence-electron chi connectivity index (χ0n) is 16.5. The molecule has 2 N–H and O–H groups in total. The number of allylic oxidation sites excluding steroid dienone is 1. The van der Waals surface area contributed by atoms with Gasteiger partial charge >= 0.3 is 0 Å². The topological polar surface area (TPSA) is 29.3 Å². The average molecular weight is 341 g/mol. The van der Waals surface area contributed by atoms with Crippen LogP contribution in [0.5, 0.6) is 0 Å². The van der Waals surface area contributed by atoms with Gasteiger partial charge < -0.3 is 10.6 Å². The Hall–Kier alpha value is -1.64. The van der Waals surface area contributed by atoms with Crippen LogP contribution in [0.2, 0.25) is 0 Å². The summed E-state index contributed by atoms with van der Waals surface area (Å²) >= 11 is 0. The summed E-state index contributed by atoms with van der Waals surface area (Å²) in [5, 5.41) is 0. The van der Waals surface area contributed by atoms with E-state index in [2.05, 4.69) is 63.7 Å². The molecule has 0 fully saturated rings. The highest BCUT2D eigenvalue weighted by molar-refractivity contribution is 5.53. The number of hydrogen-bond acceptors (Lipinski definition) is 2. The van der Waals surface area contributed by atoms with Crippen LogP contribution < -0.4 is 5.73 Å². The second kappa shape index (κ2) is 11.1. The molecule has 0 bridgehead atoms. The van der Waals surface area contributed by atoms with Crippen LogP contribution >= 0.6 is 0 Å². The molecule has 1 unspecified atom stereocenters. The standard InChI is InChI=1S/C23H36N2/c1-7-22-16-21(17-24)11-12-23(22)13-14-25(6)20(5)15-19(4)10-8-9-18(2)3/h7,11-12,16,20H,1-2,4,8-10,13-15,17,24H2,3,5-6H3. The third-order valence-electron chi connectivity index (χ3n) is 4.87. The van der Waals surface area contributed by atoms with Crippen molar-refractivity contribution in [2.45, 2.75) is 58.5 Å². The number of hydrogen-bond donors (Lipinski definition) is 1. The van der Waals surface area contributed by atoms with Crippen LogP contribution in [0.1, 0.15) is 56.2 Å². The highest BCUT2D eigenvalue weighted by Gasteiger charge is 2.11. The maximum atomic E-state index is 5.73. The molecule has 0 saturated carbocycles. The van der Waals surface area contributed by atoms with Crippen molar-refractivity contribution >= 4 is 6.08 Å². The first-order valence-corrected chi connectivity index (χ1v) is 9.33. The van der Waals surface area contributed by atoms with Crippen molar-refractivity contribution in [2.24, 2.45) is 5.73 Å². The number of benzene rings is 1. The van der Waals surface area contributed by atoms with E-state index in [1.165, 1.54) is 28.7 Å². The Morgan fingerprint density at radius 3 is 2.60 bits per heavy atom. The van der Waals surface area contributed by atoms with Gasteiger partial charge in [-0.2, -0.15) is 0 Å². The van der Waals surface area contributed by atoms with E-state index in [9.17, 15) is 0 Å². The summed E-state index contributed by atoms with van der Waals surface area (Å²) in [4.78, 5) is 2.42. The fourth-order valence-electron chi connectivity index (χ4n) is 3.02. The fraction of sp³-hybridized carbons (Fsp3) is 0.478. The minimum absolute atomic E-state index is 0.507. The van der Waals surface area contributed by atoms with Crippen molar-refractivity contribution in [3.63, 3.8) is 0 Å². The first kappa shape index (κ1) is 21.4. The van der Waals surface area contributed by atoms with E-state index in [0.29, 0.717) is 12.6 Å². The third-order valence-corrected chi connectivity index (χ3v) is 4.87. The lowest BCUT2D eigenvalue weighted by molar-refractivity contribution is 0.258. The van der Waals surface area contributed by atoms with Crippen LogP contribution in [-0.2, 0) is 13.0 Å². The lowest BCUT2D eigenvalue weighted by Crippen LogP contribution is -2.31. The molecule has 25 heavy (non-hydrogen) atoms. The maximum Gasteiger partial charge on any atom is 0.0178 e. The monoisotopic (exact) mass is 340 g/mol. The van der Waals surface area contributed by atoms with Crippen molar-refractivity contribution < 1.29 is 0 Å². The van der Waals surface area contributed by atoms with Crippen LogP contribution in [-0.4, -0.2) is 24.5 Å². The largest absolute Gasteiger partial charge is 0.326 e. The summed E-state index contributed by atoms with van der Waals surface area (Å²) in [6.07, 6.45) is 7.39. The Labute approximate surface area is 155 Å². The lowest BCUT2D eigenvalue weighted by atomic mass is 9.99. The summed E-state index contributed by atoms with van der Waals surface area (Å²) in [5.41, 5.74) is 12.0. The van der Waals surface area contributed by atoms with Gasteiger partial charge in [-0.15, -0.1) is 6.58 Å². The second-order valence-corrected chi connectivity index (χ2v) is 7.29. The zero-order valence-corrected chi connectivity index (χ0v) is 16.5. The fourth-order valence-corrected chi connectivity index (χ4v) is 3.02. The molecule has 0 spiro atoms. The lowest BCUT2D eigenvalue weighted by Gasteiger charge is -2.26. The van der Waals surface area contributed by atoms with Crippen molar-refractivity contribution in [1.29, 1.82) is 0 Å². The van der Waals surface area contributed by atoms with Gasteiger partial charge in [0.15, 0.2) is 0 Å². The highest BCUT2D eigenvalue weighted by atomic mass is 15.1. The molecule has 0 saturated heterocycles. The molecular formula is C23H36N2. The van der Waals surface area contributed by atoms with E-state index in [1.54, 1.807) is 0 Å². The molecule has 0 amide bonds. The van der Waals surface area contributed by atoms with Crippen LogP contribution in [0.25, 0.3) is 6.08 Å². The van der Waals surface area contributed by atoms with Gasteiger partial charge in [0.1, 0.15) is 0 Å². The molecule has 0 radical (unpaired) electrons. The number of nitrogens with two attached hydrogens (primary N) is 1. The number of rotatable bonds is 12. The van der Waals surface area contributed by atoms with Gasteiger partial charge in [-0.1, -0.05) is 48.6 Å². The second-order valence-electron chi connectivity index (χ2n) is 7.29. The highest BCUT2D eigenvalue weighted by Crippen LogP contribution is 2.18. The smallest absolute Gasteiger partial charge is 0.0178 e. The molecule has 138 valence electrons. The van der Waals surface area contributed by atoms with Gasteiger partial charge in [-0.05, 0) is 69.7 Å². The van der Waals surface area contributed by atoms with Crippen molar-refractivity contribution in [3.8, 4) is 0 Å². The Morgan fingerprint density at radius 2 is 2.00 bits per heavy atom. The van der Waals surface area contributed by atoms with E-state index in [0.717, 1.165) is 37.8 Å².